The lowest BCUT2D eigenvalue weighted by Gasteiger charge is -2.12. The number of hydrogen-bond donors (Lipinski definition) is 1. The van der Waals surface area contributed by atoms with Gasteiger partial charge in [-0.3, -0.25) is 4.55 Å². The predicted octanol–water partition coefficient (Wildman–Crippen LogP) is 0.297. The van der Waals surface area contributed by atoms with Gasteiger partial charge in [0.05, 0.1) is 0 Å². The Hall–Kier alpha value is -0.390. The zero-order valence-electron chi connectivity index (χ0n) is 5.82. The molecule has 60 valence electrons. The Balaban J connectivity index is 4.22. The maximum absolute atomic E-state index is 10.4. The lowest BCUT2D eigenvalue weighted by atomic mass is 10.6. The summed E-state index contributed by atoms with van der Waals surface area (Å²) in [4.78, 5) is 0. The van der Waals surface area contributed by atoms with E-state index in [9.17, 15) is 8.42 Å². The highest BCUT2D eigenvalue weighted by molar-refractivity contribution is 7.83. The third kappa shape index (κ3) is 2.95. The van der Waals surface area contributed by atoms with Crippen molar-refractivity contribution in [2.24, 2.45) is 0 Å². The van der Waals surface area contributed by atoms with Gasteiger partial charge in [0.15, 0.2) is 0 Å². The highest BCUT2D eigenvalue weighted by Gasteiger charge is 2.13. The summed E-state index contributed by atoms with van der Waals surface area (Å²) in [6.45, 7) is 5.38. The van der Waals surface area contributed by atoms with Gasteiger partial charge in [-0.15, -0.1) is 6.58 Å². The number of rotatable bonds is 4. The van der Waals surface area contributed by atoms with Gasteiger partial charge in [-0.2, -0.15) is 12.7 Å². The van der Waals surface area contributed by atoms with Crippen molar-refractivity contribution in [3.8, 4) is 0 Å². The van der Waals surface area contributed by atoms with E-state index in [1.807, 2.05) is 0 Å². The van der Waals surface area contributed by atoms with Gasteiger partial charge in [-0.25, -0.2) is 0 Å². The molecular formula is C5H11NO3S. The molecule has 0 atom stereocenters. The van der Waals surface area contributed by atoms with Crippen LogP contribution >= 0.6 is 0 Å². The molecule has 0 saturated carbocycles. The molecule has 0 saturated heterocycles. The Morgan fingerprint density at radius 2 is 2.20 bits per heavy atom. The molecule has 0 bridgehead atoms. The molecular weight excluding hydrogens is 154 g/mol. The molecule has 0 rings (SSSR count). The molecule has 10 heavy (non-hydrogen) atoms. The van der Waals surface area contributed by atoms with E-state index in [2.05, 4.69) is 6.58 Å². The fraction of sp³-hybridized carbons (Fsp3) is 0.600. The van der Waals surface area contributed by atoms with E-state index >= 15 is 0 Å². The van der Waals surface area contributed by atoms with Crippen molar-refractivity contribution in [1.29, 1.82) is 0 Å². The first kappa shape index (κ1) is 9.61. The van der Waals surface area contributed by atoms with Crippen LogP contribution < -0.4 is 0 Å². The summed E-state index contributed by atoms with van der Waals surface area (Å²) in [5.41, 5.74) is 0. The van der Waals surface area contributed by atoms with Gasteiger partial charge in [0.1, 0.15) is 0 Å². The van der Waals surface area contributed by atoms with Crippen LogP contribution in [0.2, 0.25) is 0 Å². The Bertz CT molecular complexity index is 197. The third-order valence-electron chi connectivity index (χ3n) is 1.01. The second-order valence-corrected chi connectivity index (χ2v) is 3.13. The zero-order chi connectivity index (χ0) is 8.20. The monoisotopic (exact) mass is 165 g/mol. The van der Waals surface area contributed by atoms with Crippen LogP contribution in [-0.2, 0) is 10.3 Å². The Morgan fingerprint density at radius 3 is 2.30 bits per heavy atom. The molecule has 0 aliphatic heterocycles. The van der Waals surface area contributed by atoms with Crippen LogP contribution in [0.4, 0.5) is 0 Å². The first-order valence-corrected chi connectivity index (χ1v) is 4.25. The van der Waals surface area contributed by atoms with Crippen LogP contribution in [0.3, 0.4) is 0 Å². The normalized spacial score (nSPS) is 11.9. The van der Waals surface area contributed by atoms with Crippen molar-refractivity contribution >= 4 is 10.3 Å². The van der Waals surface area contributed by atoms with Crippen molar-refractivity contribution in [1.82, 2.24) is 4.31 Å². The standard InChI is InChI=1S/C5H11NO3S/c1-3-5-6(4-2)10(7,8)9/h3H,1,4-5H2,2H3,(H,7,8,9). The van der Waals surface area contributed by atoms with Gasteiger partial charge in [0.2, 0.25) is 0 Å². The molecule has 0 fully saturated rings. The first-order chi connectivity index (χ1) is 4.52. The molecule has 4 nitrogen and oxygen atoms in total. The second kappa shape index (κ2) is 3.70. The Labute approximate surface area is 61.0 Å². The molecule has 0 radical (unpaired) electrons. The third-order valence-corrected chi connectivity index (χ3v) is 2.07. The molecule has 5 heteroatoms. The van der Waals surface area contributed by atoms with Crippen LogP contribution in [0.5, 0.6) is 0 Å². The molecule has 0 aromatic rings. The molecule has 0 amide bonds. The highest BCUT2D eigenvalue weighted by Crippen LogP contribution is 1.94. The van der Waals surface area contributed by atoms with Gasteiger partial charge in [-0.1, -0.05) is 13.0 Å². The van der Waals surface area contributed by atoms with Crippen LogP contribution in [0.1, 0.15) is 6.92 Å². The minimum atomic E-state index is -4.02. The van der Waals surface area contributed by atoms with Crippen LogP contribution in [0, 0.1) is 0 Å². The van der Waals surface area contributed by atoms with E-state index in [-0.39, 0.29) is 13.1 Å². The molecule has 0 unspecified atom stereocenters. The second-order valence-electron chi connectivity index (χ2n) is 1.72. The summed E-state index contributed by atoms with van der Waals surface area (Å²) in [5, 5.41) is 0. The lowest BCUT2D eigenvalue weighted by molar-refractivity contribution is 0.380. The van der Waals surface area contributed by atoms with E-state index < -0.39 is 10.3 Å². The summed E-state index contributed by atoms with van der Waals surface area (Å²) < 4.78 is 30.1. The van der Waals surface area contributed by atoms with Crippen molar-refractivity contribution in [3.63, 3.8) is 0 Å². The zero-order valence-corrected chi connectivity index (χ0v) is 6.63. The minimum Gasteiger partial charge on any atom is -0.273 e. The number of hydrogen-bond acceptors (Lipinski definition) is 2. The smallest absolute Gasteiger partial charge is 0.273 e. The quantitative estimate of drug-likeness (QED) is 0.481. The topological polar surface area (TPSA) is 57.6 Å². The fourth-order valence-electron chi connectivity index (χ4n) is 0.530. The summed E-state index contributed by atoms with van der Waals surface area (Å²) >= 11 is 0. The first-order valence-electron chi connectivity index (χ1n) is 2.85. The van der Waals surface area contributed by atoms with Crippen LogP contribution in [-0.4, -0.2) is 30.4 Å². The van der Waals surface area contributed by atoms with Crippen LogP contribution in [0.25, 0.3) is 0 Å². The molecule has 0 aromatic heterocycles. The lowest BCUT2D eigenvalue weighted by Crippen LogP contribution is -2.30. The van der Waals surface area contributed by atoms with Gasteiger partial charge in [0, 0.05) is 13.1 Å². The van der Waals surface area contributed by atoms with Gasteiger partial charge in [-0.05, 0) is 0 Å². The Morgan fingerprint density at radius 1 is 1.70 bits per heavy atom. The van der Waals surface area contributed by atoms with Gasteiger partial charge < -0.3 is 0 Å². The predicted molar refractivity (Wildman–Crippen MR) is 39.0 cm³/mol. The maximum Gasteiger partial charge on any atom is 0.336 e. The van der Waals surface area contributed by atoms with Crippen molar-refractivity contribution in [2.75, 3.05) is 13.1 Å². The molecule has 0 aromatic carbocycles. The van der Waals surface area contributed by atoms with Crippen LogP contribution in [0.15, 0.2) is 12.7 Å². The van der Waals surface area contributed by atoms with Crippen molar-refractivity contribution in [3.05, 3.63) is 12.7 Å². The summed E-state index contributed by atoms with van der Waals surface area (Å²) in [6.07, 6.45) is 1.41. The van der Waals surface area contributed by atoms with E-state index in [0.717, 1.165) is 4.31 Å². The van der Waals surface area contributed by atoms with Gasteiger partial charge >= 0.3 is 10.3 Å². The average Bonchev–Trinajstić information content (AvgIpc) is 1.80. The molecule has 0 aliphatic rings. The summed E-state index contributed by atoms with van der Waals surface area (Å²) in [7, 11) is -4.02. The van der Waals surface area contributed by atoms with Gasteiger partial charge in [0.25, 0.3) is 0 Å². The summed E-state index contributed by atoms with van der Waals surface area (Å²) in [5.74, 6) is 0. The molecule has 0 heterocycles. The number of likely N-dealkylation sites (N-methyl/N-ethyl adjacent to an activating group) is 1. The summed E-state index contributed by atoms with van der Waals surface area (Å²) in [6, 6.07) is 0. The molecule has 1 N–H and O–H groups in total. The minimum absolute atomic E-state index is 0.148. The van der Waals surface area contributed by atoms with Crippen molar-refractivity contribution < 1.29 is 13.0 Å². The number of nitrogens with zero attached hydrogens (tertiary/aromatic N) is 1. The fourth-order valence-corrected chi connectivity index (χ4v) is 1.15. The molecule has 0 spiro atoms. The van der Waals surface area contributed by atoms with Crippen molar-refractivity contribution in [2.45, 2.75) is 6.92 Å². The maximum atomic E-state index is 10.4. The SMILES string of the molecule is C=CCN(CC)S(=O)(=O)O. The highest BCUT2D eigenvalue weighted by atomic mass is 32.2. The van der Waals surface area contributed by atoms with E-state index in [1.54, 1.807) is 6.92 Å². The average molecular weight is 165 g/mol. The van der Waals surface area contributed by atoms with E-state index in [0.29, 0.717) is 0 Å². The van der Waals surface area contributed by atoms with E-state index in [4.69, 9.17) is 4.55 Å². The Kier molecular flexibility index (Phi) is 3.55. The largest absolute Gasteiger partial charge is 0.336 e. The van der Waals surface area contributed by atoms with E-state index in [1.165, 1.54) is 6.08 Å². The molecule has 0 aliphatic carbocycles.